The van der Waals surface area contributed by atoms with Crippen LogP contribution in [0.25, 0.3) is 0 Å². The van der Waals surface area contributed by atoms with Crippen LogP contribution in [0.5, 0.6) is 11.5 Å². The lowest BCUT2D eigenvalue weighted by atomic mass is 10.1. The molecule has 0 saturated heterocycles. The van der Waals surface area contributed by atoms with E-state index in [0.717, 1.165) is 18.4 Å². The van der Waals surface area contributed by atoms with Gasteiger partial charge in [0.05, 0.1) is 11.8 Å². The number of nitrogens with one attached hydrogen (secondary N) is 2. The SMILES string of the molecule is CS(=O)(=O)NCc1ccccc1Oc1ccc(C(=O)Nc2ccc(C(F)(F)F)cc2)cc1. The molecule has 32 heavy (non-hydrogen) atoms. The van der Waals surface area contributed by atoms with Gasteiger partial charge in [0, 0.05) is 23.4 Å². The number of rotatable bonds is 7. The van der Waals surface area contributed by atoms with E-state index in [1.807, 2.05) is 0 Å². The number of ether oxygens (including phenoxy) is 1. The highest BCUT2D eigenvalue weighted by atomic mass is 32.2. The van der Waals surface area contributed by atoms with Crippen LogP contribution in [0.1, 0.15) is 21.5 Å². The minimum atomic E-state index is -4.45. The van der Waals surface area contributed by atoms with E-state index >= 15 is 0 Å². The van der Waals surface area contributed by atoms with Gasteiger partial charge in [-0.15, -0.1) is 0 Å². The Morgan fingerprint density at radius 2 is 1.56 bits per heavy atom. The molecular weight excluding hydrogens is 445 g/mol. The molecule has 3 aromatic carbocycles. The maximum atomic E-state index is 12.6. The molecule has 0 bridgehead atoms. The van der Waals surface area contributed by atoms with E-state index in [9.17, 15) is 26.4 Å². The number of hydrogen-bond donors (Lipinski definition) is 2. The van der Waals surface area contributed by atoms with Crippen LogP contribution in [0.15, 0.2) is 72.8 Å². The lowest BCUT2D eigenvalue weighted by Crippen LogP contribution is -2.21. The molecule has 0 saturated carbocycles. The van der Waals surface area contributed by atoms with Crippen molar-refractivity contribution in [2.75, 3.05) is 11.6 Å². The third-order valence-electron chi connectivity index (χ3n) is 4.31. The first-order valence-electron chi connectivity index (χ1n) is 9.30. The van der Waals surface area contributed by atoms with Crippen LogP contribution >= 0.6 is 0 Å². The topological polar surface area (TPSA) is 84.5 Å². The molecule has 0 heterocycles. The van der Waals surface area contributed by atoms with Crippen molar-refractivity contribution in [2.45, 2.75) is 12.7 Å². The Morgan fingerprint density at radius 3 is 2.16 bits per heavy atom. The standard InChI is InChI=1S/C22H19F3N2O4S/c1-32(29,30)26-14-16-4-2-3-5-20(16)31-19-12-6-15(7-13-19)21(28)27-18-10-8-17(9-11-18)22(23,24)25/h2-13,26H,14H2,1H3,(H,27,28). The summed E-state index contributed by atoms with van der Waals surface area (Å²) in [5, 5.41) is 2.53. The predicted octanol–water partition coefficient (Wildman–Crippen LogP) is 4.80. The average Bonchev–Trinajstić information content (AvgIpc) is 2.73. The van der Waals surface area contributed by atoms with Crippen LogP contribution < -0.4 is 14.8 Å². The van der Waals surface area contributed by atoms with Crippen molar-refractivity contribution >= 4 is 21.6 Å². The zero-order valence-electron chi connectivity index (χ0n) is 16.8. The summed E-state index contributed by atoms with van der Waals surface area (Å²) in [5.74, 6) is 0.377. The normalized spacial score (nSPS) is 11.8. The van der Waals surface area contributed by atoms with E-state index in [2.05, 4.69) is 10.0 Å². The van der Waals surface area contributed by atoms with Crippen molar-refractivity contribution in [2.24, 2.45) is 0 Å². The number of hydrogen-bond acceptors (Lipinski definition) is 4. The van der Waals surface area contributed by atoms with Gasteiger partial charge >= 0.3 is 6.18 Å². The third kappa shape index (κ3) is 6.56. The quantitative estimate of drug-likeness (QED) is 0.526. The van der Waals surface area contributed by atoms with Gasteiger partial charge in [0.2, 0.25) is 10.0 Å². The van der Waals surface area contributed by atoms with Crippen LogP contribution in [-0.2, 0) is 22.7 Å². The van der Waals surface area contributed by atoms with E-state index in [4.69, 9.17) is 4.74 Å². The van der Waals surface area contributed by atoms with Gasteiger partial charge in [0.1, 0.15) is 11.5 Å². The molecule has 3 rings (SSSR count). The Labute approximate surface area is 183 Å². The van der Waals surface area contributed by atoms with Crippen molar-refractivity contribution in [1.29, 1.82) is 0 Å². The molecule has 0 atom stereocenters. The molecule has 0 unspecified atom stereocenters. The highest BCUT2D eigenvalue weighted by Gasteiger charge is 2.30. The number of sulfonamides is 1. The molecule has 0 aliphatic carbocycles. The van der Waals surface area contributed by atoms with Gasteiger partial charge in [-0.3, -0.25) is 4.79 Å². The van der Waals surface area contributed by atoms with E-state index in [-0.39, 0.29) is 17.8 Å². The Morgan fingerprint density at radius 1 is 0.938 bits per heavy atom. The highest BCUT2D eigenvalue weighted by Crippen LogP contribution is 2.30. The van der Waals surface area contributed by atoms with Gasteiger partial charge < -0.3 is 10.1 Å². The van der Waals surface area contributed by atoms with Crippen LogP contribution in [0.3, 0.4) is 0 Å². The van der Waals surface area contributed by atoms with Crippen molar-refractivity contribution in [3.63, 3.8) is 0 Å². The summed E-state index contributed by atoms with van der Waals surface area (Å²) in [6, 6.07) is 17.2. The van der Waals surface area contributed by atoms with E-state index < -0.39 is 27.7 Å². The summed E-state index contributed by atoms with van der Waals surface area (Å²) in [6.07, 6.45) is -3.39. The van der Waals surface area contributed by atoms with E-state index in [1.165, 1.54) is 24.3 Å². The smallest absolute Gasteiger partial charge is 0.416 e. The van der Waals surface area contributed by atoms with Gasteiger partial charge in [0.15, 0.2) is 0 Å². The second-order valence-electron chi connectivity index (χ2n) is 6.86. The molecular formula is C22H19F3N2O4S. The molecule has 0 fully saturated rings. The first-order valence-corrected chi connectivity index (χ1v) is 11.2. The maximum absolute atomic E-state index is 12.6. The van der Waals surface area contributed by atoms with Crippen molar-refractivity contribution in [3.05, 3.63) is 89.5 Å². The zero-order chi connectivity index (χ0) is 23.4. The van der Waals surface area contributed by atoms with E-state index in [0.29, 0.717) is 17.1 Å². The van der Waals surface area contributed by atoms with Gasteiger partial charge in [-0.25, -0.2) is 13.1 Å². The summed E-state index contributed by atoms with van der Waals surface area (Å²) >= 11 is 0. The van der Waals surface area contributed by atoms with Crippen LogP contribution in [0.4, 0.5) is 18.9 Å². The minimum absolute atomic E-state index is 0.0582. The number of alkyl halides is 3. The molecule has 3 aromatic rings. The molecule has 168 valence electrons. The van der Waals surface area contributed by atoms with Crippen molar-refractivity contribution in [1.82, 2.24) is 4.72 Å². The summed E-state index contributed by atoms with van der Waals surface area (Å²) < 4.78 is 68.7. The van der Waals surface area contributed by atoms with Crippen molar-refractivity contribution < 1.29 is 31.1 Å². The highest BCUT2D eigenvalue weighted by molar-refractivity contribution is 7.88. The van der Waals surface area contributed by atoms with Crippen molar-refractivity contribution in [3.8, 4) is 11.5 Å². The van der Waals surface area contributed by atoms with Crippen LogP contribution in [0, 0.1) is 0 Å². The monoisotopic (exact) mass is 464 g/mol. The zero-order valence-corrected chi connectivity index (χ0v) is 17.6. The Kier molecular flexibility index (Phi) is 6.85. The van der Waals surface area contributed by atoms with Gasteiger partial charge in [0.25, 0.3) is 5.91 Å². The lowest BCUT2D eigenvalue weighted by Gasteiger charge is -2.12. The number of benzene rings is 3. The molecule has 2 N–H and O–H groups in total. The number of para-hydroxylation sites is 1. The van der Waals surface area contributed by atoms with E-state index in [1.54, 1.807) is 36.4 Å². The molecule has 0 aromatic heterocycles. The summed E-state index contributed by atoms with van der Waals surface area (Å²) in [6.45, 7) is 0.0582. The fraction of sp³-hybridized carbons (Fsp3) is 0.136. The fourth-order valence-electron chi connectivity index (χ4n) is 2.71. The number of halogens is 3. The molecule has 0 aliphatic rings. The third-order valence-corrected chi connectivity index (χ3v) is 4.98. The Hall–Kier alpha value is -3.37. The molecule has 0 spiro atoms. The largest absolute Gasteiger partial charge is 0.457 e. The average molecular weight is 464 g/mol. The minimum Gasteiger partial charge on any atom is -0.457 e. The number of amides is 1. The Bertz CT molecular complexity index is 1190. The first-order chi connectivity index (χ1) is 15.0. The number of carbonyl (C=O) groups is 1. The summed E-state index contributed by atoms with van der Waals surface area (Å²) in [4.78, 5) is 12.4. The second-order valence-corrected chi connectivity index (χ2v) is 8.69. The van der Waals surface area contributed by atoms with Gasteiger partial charge in [-0.05, 0) is 54.6 Å². The fourth-order valence-corrected chi connectivity index (χ4v) is 3.12. The summed E-state index contributed by atoms with van der Waals surface area (Å²) in [7, 11) is -3.37. The van der Waals surface area contributed by atoms with Crippen LogP contribution in [-0.4, -0.2) is 20.6 Å². The maximum Gasteiger partial charge on any atom is 0.416 e. The molecule has 10 heteroatoms. The first kappa shape index (κ1) is 23.3. The predicted molar refractivity (Wildman–Crippen MR) is 114 cm³/mol. The van der Waals surface area contributed by atoms with Crippen LogP contribution in [0.2, 0.25) is 0 Å². The molecule has 0 radical (unpaired) electrons. The molecule has 0 aliphatic heterocycles. The van der Waals surface area contributed by atoms with Gasteiger partial charge in [-0.2, -0.15) is 13.2 Å². The molecule has 6 nitrogen and oxygen atoms in total. The van der Waals surface area contributed by atoms with Gasteiger partial charge in [-0.1, -0.05) is 18.2 Å². The number of anilines is 1. The molecule has 1 amide bonds. The Balaban J connectivity index is 1.66. The summed E-state index contributed by atoms with van der Waals surface area (Å²) in [5.41, 5.74) is 0.339. The number of carbonyl (C=O) groups excluding carboxylic acids is 1. The lowest BCUT2D eigenvalue weighted by molar-refractivity contribution is -0.137. The second kappa shape index (κ2) is 9.41.